The number of hydrogen-bond acceptors (Lipinski definition) is 3. The summed E-state index contributed by atoms with van der Waals surface area (Å²) in [5.74, 6) is 0. The highest BCUT2D eigenvalue weighted by Gasteiger charge is 2.14. The fourth-order valence-electron chi connectivity index (χ4n) is 2.20. The number of anilines is 2. The lowest BCUT2D eigenvalue weighted by molar-refractivity contribution is 1.04. The first-order chi connectivity index (χ1) is 8.84. The summed E-state index contributed by atoms with van der Waals surface area (Å²) >= 11 is 0. The zero-order valence-electron chi connectivity index (χ0n) is 10.9. The molecule has 0 fully saturated rings. The summed E-state index contributed by atoms with van der Waals surface area (Å²) in [4.78, 5) is 4.67. The minimum atomic E-state index is 0. The van der Waals surface area contributed by atoms with Crippen LogP contribution in [0.4, 0.5) is 11.4 Å². The van der Waals surface area contributed by atoms with Crippen LogP contribution in [-0.4, -0.2) is 18.8 Å². The highest BCUT2D eigenvalue weighted by molar-refractivity contribution is 6.16. The maximum Gasteiger partial charge on any atom is 0.0741 e. The number of hydrogen-bond donors (Lipinski definition) is 2. The van der Waals surface area contributed by atoms with Crippen LogP contribution >= 0.6 is 24.8 Å². The molecule has 0 aliphatic carbocycles. The van der Waals surface area contributed by atoms with Crippen molar-refractivity contribution in [2.75, 3.05) is 24.1 Å². The monoisotopic (exact) mass is 309 g/mol. The number of halogens is 2. The summed E-state index contributed by atoms with van der Waals surface area (Å²) in [7, 11) is 0. The molecule has 3 rings (SSSR count). The van der Waals surface area contributed by atoms with Crippen molar-refractivity contribution in [1.29, 1.82) is 0 Å². The van der Waals surface area contributed by atoms with Gasteiger partial charge in [-0.05, 0) is 18.2 Å². The molecule has 1 heterocycles. The number of rotatable bonds is 1. The van der Waals surface area contributed by atoms with Gasteiger partial charge in [0, 0.05) is 29.0 Å². The predicted octanol–water partition coefficient (Wildman–Crippen LogP) is 3.38. The molecular formula is C15H17Cl2N3. The van der Waals surface area contributed by atoms with E-state index < -0.39 is 0 Å². The number of aliphatic imine (C=N–C) groups is 1. The van der Waals surface area contributed by atoms with Gasteiger partial charge in [-0.2, -0.15) is 0 Å². The number of fused-ring (bicyclic) bond motifs is 1. The van der Waals surface area contributed by atoms with E-state index in [1.807, 2.05) is 36.4 Å². The van der Waals surface area contributed by atoms with Crippen LogP contribution < -0.4 is 11.1 Å². The summed E-state index contributed by atoms with van der Waals surface area (Å²) in [6.07, 6.45) is 0. The molecule has 0 aromatic heterocycles. The van der Waals surface area contributed by atoms with E-state index in [0.717, 1.165) is 41.3 Å². The van der Waals surface area contributed by atoms with Gasteiger partial charge in [-0.15, -0.1) is 24.8 Å². The van der Waals surface area contributed by atoms with Gasteiger partial charge in [0.05, 0.1) is 12.3 Å². The molecule has 0 bridgehead atoms. The molecule has 0 unspecified atom stereocenters. The average Bonchev–Trinajstić information content (AvgIpc) is 2.61. The molecule has 2 aromatic rings. The van der Waals surface area contributed by atoms with Gasteiger partial charge < -0.3 is 11.1 Å². The first kappa shape index (κ1) is 16.3. The van der Waals surface area contributed by atoms with Crippen molar-refractivity contribution >= 4 is 41.9 Å². The Hall–Kier alpha value is -1.71. The van der Waals surface area contributed by atoms with E-state index in [-0.39, 0.29) is 24.8 Å². The van der Waals surface area contributed by atoms with Gasteiger partial charge >= 0.3 is 0 Å². The molecule has 20 heavy (non-hydrogen) atoms. The SMILES string of the molecule is Cl.Cl.Nc1ccc2c(c1)C(c1ccccc1)=NCCN2. The van der Waals surface area contributed by atoms with E-state index in [0.29, 0.717) is 0 Å². The number of nitrogens with zero attached hydrogens (tertiary/aromatic N) is 1. The van der Waals surface area contributed by atoms with Gasteiger partial charge in [-0.25, -0.2) is 0 Å². The van der Waals surface area contributed by atoms with Crippen molar-refractivity contribution in [3.63, 3.8) is 0 Å². The fraction of sp³-hybridized carbons (Fsp3) is 0.133. The molecule has 0 radical (unpaired) electrons. The third-order valence-corrected chi connectivity index (χ3v) is 3.04. The molecule has 106 valence electrons. The third kappa shape index (κ3) is 3.24. The average molecular weight is 310 g/mol. The quantitative estimate of drug-likeness (QED) is 0.793. The van der Waals surface area contributed by atoms with Gasteiger partial charge in [0.15, 0.2) is 0 Å². The Morgan fingerprint density at radius 2 is 1.75 bits per heavy atom. The van der Waals surface area contributed by atoms with Crippen LogP contribution in [0.3, 0.4) is 0 Å². The van der Waals surface area contributed by atoms with Crippen LogP contribution in [0.25, 0.3) is 0 Å². The van der Waals surface area contributed by atoms with E-state index in [1.165, 1.54) is 0 Å². The van der Waals surface area contributed by atoms with E-state index in [1.54, 1.807) is 0 Å². The maximum atomic E-state index is 5.89. The summed E-state index contributed by atoms with van der Waals surface area (Å²) < 4.78 is 0. The van der Waals surface area contributed by atoms with Gasteiger partial charge in [0.2, 0.25) is 0 Å². The summed E-state index contributed by atoms with van der Waals surface area (Å²) in [5.41, 5.74) is 11.0. The molecule has 0 atom stereocenters. The summed E-state index contributed by atoms with van der Waals surface area (Å²) in [5, 5.41) is 3.38. The standard InChI is InChI=1S/C15H15N3.2ClH/c16-12-6-7-14-13(10-12)15(18-9-8-17-14)11-4-2-1-3-5-11;;/h1-7,10,17H,8-9,16H2;2*1H. The Kier molecular flexibility index (Phi) is 5.86. The van der Waals surface area contributed by atoms with Crippen LogP contribution in [-0.2, 0) is 0 Å². The van der Waals surface area contributed by atoms with Crippen molar-refractivity contribution in [3.8, 4) is 0 Å². The minimum Gasteiger partial charge on any atom is -0.399 e. The molecule has 5 heteroatoms. The Morgan fingerprint density at radius 1 is 1.00 bits per heavy atom. The maximum absolute atomic E-state index is 5.89. The topological polar surface area (TPSA) is 50.4 Å². The highest BCUT2D eigenvalue weighted by atomic mass is 35.5. The van der Waals surface area contributed by atoms with E-state index >= 15 is 0 Å². The number of benzodiazepines with no additional fused rings is 1. The van der Waals surface area contributed by atoms with Crippen molar-refractivity contribution in [1.82, 2.24) is 0 Å². The van der Waals surface area contributed by atoms with Crippen molar-refractivity contribution in [3.05, 3.63) is 59.7 Å². The first-order valence-electron chi connectivity index (χ1n) is 6.08. The number of benzene rings is 2. The normalized spacial score (nSPS) is 12.7. The largest absolute Gasteiger partial charge is 0.399 e. The molecule has 2 aromatic carbocycles. The molecule has 0 amide bonds. The van der Waals surface area contributed by atoms with Crippen LogP contribution in [0, 0.1) is 0 Å². The number of nitrogens with one attached hydrogen (secondary N) is 1. The Bertz CT molecular complexity index is 597. The first-order valence-corrected chi connectivity index (χ1v) is 6.08. The summed E-state index contributed by atoms with van der Waals surface area (Å²) in [6.45, 7) is 1.63. The highest BCUT2D eigenvalue weighted by Crippen LogP contribution is 2.24. The summed E-state index contributed by atoms with van der Waals surface area (Å²) in [6, 6.07) is 16.2. The van der Waals surface area contributed by atoms with Crippen LogP contribution in [0.1, 0.15) is 11.1 Å². The Balaban J connectivity index is 0.000001000. The lowest BCUT2D eigenvalue weighted by Crippen LogP contribution is -2.06. The van der Waals surface area contributed by atoms with E-state index in [9.17, 15) is 0 Å². The second-order valence-electron chi connectivity index (χ2n) is 4.33. The smallest absolute Gasteiger partial charge is 0.0741 e. The molecule has 1 aliphatic heterocycles. The zero-order chi connectivity index (χ0) is 12.4. The number of nitrogens with two attached hydrogens (primary N) is 1. The molecule has 1 aliphatic rings. The lowest BCUT2D eigenvalue weighted by Gasteiger charge is -2.11. The Morgan fingerprint density at radius 3 is 2.50 bits per heavy atom. The number of nitrogen functional groups attached to an aromatic ring is 1. The van der Waals surface area contributed by atoms with Gasteiger partial charge in [-0.3, -0.25) is 4.99 Å². The minimum absolute atomic E-state index is 0. The molecule has 0 saturated heterocycles. The molecule has 3 nitrogen and oxygen atoms in total. The predicted molar refractivity (Wildman–Crippen MR) is 90.8 cm³/mol. The van der Waals surface area contributed by atoms with Crippen LogP contribution in [0.2, 0.25) is 0 Å². The van der Waals surface area contributed by atoms with Gasteiger partial charge in [0.25, 0.3) is 0 Å². The van der Waals surface area contributed by atoms with Crippen molar-refractivity contribution < 1.29 is 0 Å². The molecule has 0 saturated carbocycles. The van der Waals surface area contributed by atoms with Crippen molar-refractivity contribution in [2.45, 2.75) is 0 Å². The fourth-order valence-corrected chi connectivity index (χ4v) is 2.20. The van der Waals surface area contributed by atoms with Gasteiger partial charge in [-0.1, -0.05) is 30.3 Å². The third-order valence-electron chi connectivity index (χ3n) is 3.04. The molecular weight excluding hydrogens is 293 g/mol. The van der Waals surface area contributed by atoms with Crippen molar-refractivity contribution in [2.24, 2.45) is 4.99 Å². The van der Waals surface area contributed by atoms with E-state index in [2.05, 4.69) is 22.4 Å². The van der Waals surface area contributed by atoms with Gasteiger partial charge in [0.1, 0.15) is 0 Å². The van der Waals surface area contributed by atoms with Crippen LogP contribution in [0.15, 0.2) is 53.5 Å². The second kappa shape index (κ2) is 7.17. The molecule has 0 spiro atoms. The van der Waals surface area contributed by atoms with E-state index in [4.69, 9.17) is 5.73 Å². The zero-order valence-corrected chi connectivity index (χ0v) is 12.5. The second-order valence-corrected chi connectivity index (χ2v) is 4.33. The molecule has 3 N–H and O–H groups in total. The lowest BCUT2D eigenvalue weighted by atomic mass is 10.00. The Labute approximate surface area is 131 Å². The van der Waals surface area contributed by atoms with Crippen LogP contribution in [0.5, 0.6) is 0 Å².